The van der Waals surface area contributed by atoms with Crippen LogP contribution >= 0.6 is 0 Å². The summed E-state index contributed by atoms with van der Waals surface area (Å²) in [6, 6.07) is 6.32. The highest BCUT2D eigenvalue weighted by molar-refractivity contribution is 5.40. The molecule has 0 saturated heterocycles. The highest BCUT2D eigenvalue weighted by Gasteiger charge is 2.08. The smallest absolute Gasteiger partial charge is 0.294 e. The second-order valence-corrected chi connectivity index (χ2v) is 4.07. The zero-order chi connectivity index (χ0) is 13.7. The molecule has 0 fully saturated rings. The zero-order valence-electron chi connectivity index (χ0n) is 11.4. The van der Waals surface area contributed by atoms with Crippen molar-refractivity contribution in [3.05, 3.63) is 35.7 Å². The fourth-order valence-electron chi connectivity index (χ4n) is 1.88. The summed E-state index contributed by atoms with van der Waals surface area (Å²) < 4.78 is 15.8. The summed E-state index contributed by atoms with van der Waals surface area (Å²) in [5.41, 5.74) is 2.00. The number of nitrogens with one attached hydrogen (secondary N) is 1. The first kappa shape index (κ1) is 13.3. The molecule has 0 radical (unpaired) electrons. The Morgan fingerprint density at radius 1 is 1.21 bits per heavy atom. The van der Waals surface area contributed by atoms with Gasteiger partial charge in [-0.05, 0) is 36.6 Å². The Hall–Kier alpha value is -2.17. The first-order valence-electron chi connectivity index (χ1n) is 6.10. The number of benzene rings is 1. The van der Waals surface area contributed by atoms with Crippen LogP contribution in [0.5, 0.6) is 11.5 Å². The molecule has 0 amide bonds. The van der Waals surface area contributed by atoms with Gasteiger partial charge in [-0.15, -0.1) is 0 Å². The topological polar surface area (TPSA) is 56.5 Å². The quantitative estimate of drug-likeness (QED) is 0.867. The highest BCUT2D eigenvalue weighted by Crippen LogP contribution is 2.25. The van der Waals surface area contributed by atoms with Crippen LogP contribution in [0.4, 0.5) is 6.01 Å². The van der Waals surface area contributed by atoms with Gasteiger partial charge in [-0.1, -0.05) is 0 Å². The van der Waals surface area contributed by atoms with Crippen LogP contribution in [0.15, 0.2) is 28.9 Å². The summed E-state index contributed by atoms with van der Waals surface area (Å²) in [6.07, 6.45) is 3.27. The van der Waals surface area contributed by atoms with E-state index in [1.807, 2.05) is 18.2 Å². The number of oxazole rings is 1. The van der Waals surface area contributed by atoms with E-state index in [9.17, 15) is 0 Å². The van der Waals surface area contributed by atoms with E-state index in [1.54, 1.807) is 27.5 Å². The molecule has 1 heterocycles. The van der Waals surface area contributed by atoms with Crippen molar-refractivity contribution < 1.29 is 13.9 Å². The van der Waals surface area contributed by atoms with Crippen molar-refractivity contribution >= 4 is 6.01 Å². The lowest BCUT2D eigenvalue weighted by atomic mass is 10.1. The lowest BCUT2D eigenvalue weighted by Crippen LogP contribution is -1.97. The third-order valence-corrected chi connectivity index (χ3v) is 2.90. The van der Waals surface area contributed by atoms with Crippen molar-refractivity contribution in [3.8, 4) is 11.5 Å². The molecule has 0 atom stereocenters. The van der Waals surface area contributed by atoms with Crippen molar-refractivity contribution in [1.29, 1.82) is 0 Å². The largest absolute Gasteiger partial charge is 0.497 e. The number of methoxy groups -OCH3 is 2. The van der Waals surface area contributed by atoms with Gasteiger partial charge in [0.1, 0.15) is 17.8 Å². The molecule has 0 aliphatic heterocycles. The average molecular weight is 262 g/mol. The van der Waals surface area contributed by atoms with Crippen LogP contribution in [-0.4, -0.2) is 26.3 Å². The van der Waals surface area contributed by atoms with Crippen LogP contribution < -0.4 is 14.8 Å². The monoisotopic (exact) mass is 262 g/mol. The van der Waals surface area contributed by atoms with Crippen molar-refractivity contribution in [3.63, 3.8) is 0 Å². The van der Waals surface area contributed by atoms with Crippen LogP contribution in [-0.2, 0) is 12.8 Å². The molecule has 0 spiro atoms. The molecule has 5 heteroatoms. The van der Waals surface area contributed by atoms with E-state index in [2.05, 4.69) is 10.3 Å². The van der Waals surface area contributed by atoms with Crippen molar-refractivity contribution in [1.82, 2.24) is 4.98 Å². The lowest BCUT2D eigenvalue weighted by molar-refractivity contribution is 0.398. The number of aryl methyl sites for hydroxylation is 2. The second kappa shape index (κ2) is 6.13. The predicted octanol–water partition coefficient (Wildman–Crippen LogP) is 2.52. The van der Waals surface area contributed by atoms with E-state index in [0.717, 1.165) is 35.6 Å². The number of ether oxygens (including phenoxy) is 2. The van der Waals surface area contributed by atoms with Crippen molar-refractivity contribution in [2.24, 2.45) is 0 Å². The van der Waals surface area contributed by atoms with Crippen LogP contribution in [0.25, 0.3) is 0 Å². The fourth-order valence-corrected chi connectivity index (χ4v) is 1.88. The molecule has 2 aromatic rings. The highest BCUT2D eigenvalue weighted by atomic mass is 16.5. The number of aromatic nitrogens is 1. The first-order chi connectivity index (χ1) is 9.26. The van der Waals surface area contributed by atoms with Gasteiger partial charge >= 0.3 is 0 Å². The second-order valence-electron chi connectivity index (χ2n) is 4.07. The Balaban J connectivity index is 2.09. The van der Waals surface area contributed by atoms with E-state index < -0.39 is 0 Å². The summed E-state index contributed by atoms with van der Waals surface area (Å²) in [7, 11) is 5.10. The fraction of sp³-hybridized carbons (Fsp3) is 0.357. The molecular weight excluding hydrogens is 244 g/mol. The summed E-state index contributed by atoms with van der Waals surface area (Å²) in [4.78, 5) is 4.29. The van der Waals surface area contributed by atoms with Gasteiger partial charge < -0.3 is 19.2 Å². The summed E-state index contributed by atoms with van der Waals surface area (Å²) >= 11 is 0. The van der Waals surface area contributed by atoms with E-state index in [1.165, 1.54) is 0 Å². The molecule has 19 heavy (non-hydrogen) atoms. The Kier molecular flexibility index (Phi) is 4.28. The van der Waals surface area contributed by atoms with Gasteiger partial charge in [0.2, 0.25) is 0 Å². The third-order valence-electron chi connectivity index (χ3n) is 2.90. The number of anilines is 1. The maximum absolute atomic E-state index is 5.35. The average Bonchev–Trinajstić information content (AvgIpc) is 2.92. The third kappa shape index (κ3) is 3.19. The number of hydrogen-bond acceptors (Lipinski definition) is 5. The molecular formula is C14H18N2O3. The maximum Gasteiger partial charge on any atom is 0.294 e. The molecule has 0 saturated carbocycles. The van der Waals surface area contributed by atoms with Crippen LogP contribution in [0, 0.1) is 0 Å². The van der Waals surface area contributed by atoms with Crippen LogP contribution in [0.1, 0.15) is 11.3 Å². The summed E-state index contributed by atoms with van der Waals surface area (Å²) in [5, 5.41) is 2.86. The van der Waals surface area contributed by atoms with Crippen LogP contribution in [0.3, 0.4) is 0 Å². The summed E-state index contributed by atoms with van der Waals surface area (Å²) in [6.45, 7) is 0. The SMILES string of the molecule is CNc1nc(CCc2cc(OC)ccc2OC)co1. The number of nitrogens with zero attached hydrogens (tertiary/aromatic N) is 1. The van der Waals surface area contributed by atoms with Gasteiger partial charge in [0, 0.05) is 7.05 Å². The molecule has 102 valence electrons. The first-order valence-corrected chi connectivity index (χ1v) is 6.10. The van der Waals surface area contributed by atoms with Gasteiger partial charge in [0.05, 0.1) is 19.9 Å². The Labute approximate surface area is 112 Å². The molecule has 1 N–H and O–H groups in total. The predicted molar refractivity (Wildman–Crippen MR) is 73.0 cm³/mol. The van der Waals surface area contributed by atoms with Gasteiger partial charge in [0.25, 0.3) is 6.01 Å². The molecule has 1 aromatic carbocycles. The minimum Gasteiger partial charge on any atom is -0.497 e. The van der Waals surface area contributed by atoms with E-state index in [4.69, 9.17) is 13.9 Å². The van der Waals surface area contributed by atoms with Crippen molar-refractivity contribution in [2.45, 2.75) is 12.8 Å². The molecule has 5 nitrogen and oxygen atoms in total. The minimum atomic E-state index is 0.535. The van der Waals surface area contributed by atoms with E-state index >= 15 is 0 Å². The van der Waals surface area contributed by atoms with Gasteiger partial charge in [-0.25, -0.2) is 0 Å². The maximum atomic E-state index is 5.35. The van der Waals surface area contributed by atoms with E-state index in [0.29, 0.717) is 6.01 Å². The van der Waals surface area contributed by atoms with Crippen molar-refractivity contribution in [2.75, 3.05) is 26.6 Å². The Bertz CT molecular complexity index is 537. The molecule has 0 unspecified atom stereocenters. The lowest BCUT2D eigenvalue weighted by Gasteiger charge is -2.09. The molecule has 2 rings (SSSR count). The van der Waals surface area contributed by atoms with Gasteiger partial charge in [-0.2, -0.15) is 4.98 Å². The number of rotatable bonds is 6. The summed E-state index contributed by atoms with van der Waals surface area (Å²) in [5.74, 6) is 1.69. The molecule has 0 bridgehead atoms. The van der Waals surface area contributed by atoms with E-state index in [-0.39, 0.29) is 0 Å². The number of hydrogen-bond donors (Lipinski definition) is 1. The standard InChI is InChI=1S/C14H18N2O3/c1-15-14-16-11(9-19-14)5-4-10-8-12(17-2)6-7-13(10)18-3/h6-9H,4-5H2,1-3H3,(H,15,16). The van der Waals surface area contributed by atoms with Crippen LogP contribution in [0.2, 0.25) is 0 Å². The normalized spacial score (nSPS) is 10.3. The minimum absolute atomic E-state index is 0.535. The van der Waals surface area contributed by atoms with Gasteiger partial charge in [-0.3, -0.25) is 0 Å². The molecule has 0 aliphatic carbocycles. The Morgan fingerprint density at radius 3 is 2.68 bits per heavy atom. The molecule has 1 aromatic heterocycles. The Morgan fingerprint density at radius 2 is 2.05 bits per heavy atom. The van der Waals surface area contributed by atoms with Gasteiger partial charge in [0.15, 0.2) is 0 Å². The molecule has 0 aliphatic rings. The zero-order valence-corrected chi connectivity index (χ0v) is 11.4.